The van der Waals surface area contributed by atoms with Crippen molar-refractivity contribution in [3.05, 3.63) is 94.6 Å². The average molecular weight is 446 g/mol. The second-order valence-corrected chi connectivity index (χ2v) is 7.79. The Morgan fingerprint density at radius 2 is 1.53 bits per heavy atom. The van der Waals surface area contributed by atoms with Crippen molar-refractivity contribution in [2.45, 2.75) is 13.8 Å². The van der Waals surface area contributed by atoms with E-state index in [9.17, 15) is 14.4 Å². The number of benzene rings is 3. The summed E-state index contributed by atoms with van der Waals surface area (Å²) in [7, 11) is 0. The molecule has 2 N–H and O–H groups in total. The number of hydrogen-bond acceptors (Lipinski definition) is 4. The Kier molecular flexibility index (Phi) is 5.79. The Morgan fingerprint density at radius 1 is 0.875 bits per heavy atom. The molecular formula is C25H20ClN3O3. The second kappa shape index (κ2) is 8.69. The standard InChI is InChI=1S/C25H20ClN3O3/c1-15-8-13-20(14-21(15)26)29-24(31)22(17-6-4-3-5-7-17)23(25(29)32)28-19-11-9-18(10-12-19)27-16(2)30/h3-14,28H,1-2H3,(H,27,30). The molecule has 4 rings (SSSR count). The predicted molar refractivity (Wildman–Crippen MR) is 126 cm³/mol. The van der Waals surface area contributed by atoms with Crippen LogP contribution < -0.4 is 15.5 Å². The van der Waals surface area contributed by atoms with Gasteiger partial charge in [0.05, 0.1) is 11.3 Å². The Balaban J connectivity index is 1.74. The molecule has 1 aliphatic heterocycles. The van der Waals surface area contributed by atoms with Crippen LogP contribution in [0.15, 0.2) is 78.5 Å². The molecule has 6 nitrogen and oxygen atoms in total. The van der Waals surface area contributed by atoms with Crippen LogP contribution >= 0.6 is 11.6 Å². The van der Waals surface area contributed by atoms with Gasteiger partial charge >= 0.3 is 0 Å². The van der Waals surface area contributed by atoms with E-state index in [4.69, 9.17) is 11.6 Å². The van der Waals surface area contributed by atoms with Crippen molar-refractivity contribution in [2.75, 3.05) is 15.5 Å². The summed E-state index contributed by atoms with van der Waals surface area (Å²) in [5, 5.41) is 6.26. The molecular weight excluding hydrogens is 426 g/mol. The van der Waals surface area contributed by atoms with Gasteiger partial charge in [0, 0.05) is 23.3 Å². The zero-order valence-electron chi connectivity index (χ0n) is 17.5. The average Bonchev–Trinajstić information content (AvgIpc) is 3.01. The first-order valence-corrected chi connectivity index (χ1v) is 10.3. The minimum Gasteiger partial charge on any atom is -0.350 e. The lowest BCUT2D eigenvalue weighted by molar-refractivity contribution is -0.120. The molecule has 0 unspecified atom stereocenters. The molecule has 1 aliphatic rings. The van der Waals surface area contributed by atoms with E-state index in [-0.39, 0.29) is 17.2 Å². The molecule has 3 aromatic carbocycles. The van der Waals surface area contributed by atoms with E-state index >= 15 is 0 Å². The summed E-state index contributed by atoms with van der Waals surface area (Å²) in [5.74, 6) is -1.08. The van der Waals surface area contributed by atoms with Crippen molar-refractivity contribution in [1.82, 2.24) is 0 Å². The van der Waals surface area contributed by atoms with Crippen LogP contribution in [0.25, 0.3) is 5.57 Å². The van der Waals surface area contributed by atoms with E-state index in [0.29, 0.717) is 27.6 Å². The van der Waals surface area contributed by atoms with E-state index in [1.165, 1.54) is 6.92 Å². The second-order valence-electron chi connectivity index (χ2n) is 7.38. The zero-order chi connectivity index (χ0) is 22.8. The maximum atomic E-state index is 13.4. The van der Waals surface area contributed by atoms with Crippen LogP contribution in [0.5, 0.6) is 0 Å². The molecule has 0 radical (unpaired) electrons. The van der Waals surface area contributed by atoms with E-state index in [0.717, 1.165) is 10.5 Å². The van der Waals surface area contributed by atoms with Gasteiger partial charge < -0.3 is 10.6 Å². The summed E-state index contributed by atoms with van der Waals surface area (Å²) >= 11 is 6.25. The van der Waals surface area contributed by atoms with Gasteiger partial charge in [-0.15, -0.1) is 0 Å². The topological polar surface area (TPSA) is 78.5 Å². The van der Waals surface area contributed by atoms with Gasteiger partial charge in [0.1, 0.15) is 5.70 Å². The molecule has 7 heteroatoms. The Morgan fingerprint density at radius 3 is 2.16 bits per heavy atom. The molecule has 32 heavy (non-hydrogen) atoms. The van der Waals surface area contributed by atoms with Crippen molar-refractivity contribution in [3.63, 3.8) is 0 Å². The Hall–Kier alpha value is -3.90. The van der Waals surface area contributed by atoms with Crippen LogP contribution in [0.1, 0.15) is 18.1 Å². The minimum atomic E-state index is -0.472. The lowest BCUT2D eigenvalue weighted by Crippen LogP contribution is -2.32. The van der Waals surface area contributed by atoms with Crippen molar-refractivity contribution < 1.29 is 14.4 Å². The SMILES string of the molecule is CC(=O)Nc1ccc(NC2=C(c3ccccc3)C(=O)N(c3ccc(C)c(Cl)c3)C2=O)cc1. The molecule has 0 saturated carbocycles. The molecule has 0 aromatic heterocycles. The van der Waals surface area contributed by atoms with Gasteiger partial charge in [-0.2, -0.15) is 0 Å². The van der Waals surface area contributed by atoms with Gasteiger partial charge in [0.2, 0.25) is 5.91 Å². The van der Waals surface area contributed by atoms with Gasteiger partial charge in [-0.3, -0.25) is 14.4 Å². The fourth-order valence-electron chi connectivity index (χ4n) is 3.46. The van der Waals surface area contributed by atoms with Crippen molar-refractivity contribution in [3.8, 4) is 0 Å². The molecule has 160 valence electrons. The number of amides is 3. The van der Waals surface area contributed by atoms with Crippen LogP contribution in [0, 0.1) is 6.92 Å². The first-order chi connectivity index (χ1) is 15.3. The summed E-state index contributed by atoms with van der Waals surface area (Å²) in [6.45, 7) is 3.28. The van der Waals surface area contributed by atoms with Gasteiger partial charge in [0.15, 0.2) is 0 Å². The number of hydrogen-bond donors (Lipinski definition) is 2. The molecule has 1 heterocycles. The van der Waals surface area contributed by atoms with Crippen LogP contribution in [-0.4, -0.2) is 17.7 Å². The number of carbonyl (C=O) groups is 3. The van der Waals surface area contributed by atoms with E-state index in [2.05, 4.69) is 10.6 Å². The lowest BCUT2D eigenvalue weighted by Gasteiger charge is -2.16. The number of rotatable bonds is 5. The van der Waals surface area contributed by atoms with Gasteiger partial charge in [-0.05, 0) is 54.4 Å². The first kappa shape index (κ1) is 21.3. The first-order valence-electron chi connectivity index (χ1n) is 9.94. The van der Waals surface area contributed by atoms with E-state index < -0.39 is 11.8 Å². The Bertz CT molecular complexity index is 1250. The molecule has 0 aliphatic carbocycles. The molecule has 0 fully saturated rings. The largest absolute Gasteiger partial charge is 0.350 e. The number of nitrogens with one attached hydrogen (secondary N) is 2. The number of nitrogens with zero attached hydrogens (tertiary/aromatic N) is 1. The molecule has 0 bridgehead atoms. The number of aryl methyl sites for hydroxylation is 1. The fraction of sp³-hybridized carbons (Fsp3) is 0.0800. The summed E-state index contributed by atoms with van der Waals surface area (Å²) in [4.78, 5) is 39.2. The highest BCUT2D eigenvalue weighted by molar-refractivity contribution is 6.46. The van der Waals surface area contributed by atoms with E-state index in [1.807, 2.05) is 25.1 Å². The van der Waals surface area contributed by atoms with Crippen LogP contribution in [-0.2, 0) is 14.4 Å². The highest BCUT2D eigenvalue weighted by Gasteiger charge is 2.40. The molecule has 0 spiro atoms. The van der Waals surface area contributed by atoms with Crippen LogP contribution in [0.2, 0.25) is 5.02 Å². The Labute approximate surface area is 190 Å². The van der Waals surface area contributed by atoms with E-state index in [1.54, 1.807) is 54.6 Å². The maximum Gasteiger partial charge on any atom is 0.282 e. The summed E-state index contributed by atoms with van der Waals surface area (Å²) in [5.41, 5.74) is 3.56. The summed E-state index contributed by atoms with van der Waals surface area (Å²) < 4.78 is 0. The minimum absolute atomic E-state index is 0.171. The van der Waals surface area contributed by atoms with Crippen LogP contribution in [0.4, 0.5) is 17.1 Å². The molecule has 0 atom stereocenters. The van der Waals surface area contributed by atoms with Gasteiger partial charge in [-0.1, -0.05) is 48.0 Å². The van der Waals surface area contributed by atoms with Crippen LogP contribution in [0.3, 0.4) is 0 Å². The monoisotopic (exact) mass is 445 g/mol. The highest BCUT2D eigenvalue weighted by atomic mass is 35.5. The number of imide groups is 1. The number of anilines is 3. The van der Waals surface area contributed by atoms with Crippen molar-refractivity contribution in [1.29, 1.82) is 0 Å². The summed E-state index contributed by atoms with van der Waals surface area (Å²) in [6.07, 6.45) is 0. The predicted octanol–water partition coefficient (Wildman–Crippen LogP) is 5.00. The number of carbonyl (C=O) groups excluding carboxylic acids is 3. The quantitative estimate of drug-likeness (QED) is 0.541. The van der Waals surface area contributed by atoms with Crippen molar-refractivity contribution in [2.24, 2.45) is 0 Å². The molecule has 0 saturated heterocycles. The normalized spacial score (nSPS) is 13.5. The number of halogens is 1. The third-order valence-electron chi connectivity index (χ3n) is 5.03. The molecule has 3 amide bonds. The third-order valence-corrected chi connectivity index (χ3v) is 5.44. The van der Waals surface area contributed by atoms with Gasteiger partial charge in [-0.25, -0.2) is 4.90 Å². The smallest absolute Gasteiger partial charge is 0.282 e. The summed E-state index contributed by atoms with van der Waals surface area (Å²) in [6, 6.07) is 21.0. The highest BCUT2D eigenvalue weighted by Crippen LogP contribution is 2.35. The fourth-order valence-corrected chi connectivity index (χ4v) is 3.63. The third kappa shape index (κ3) is 4.13. The maximum absolute atomic E-state index is 13.4. The molecule has 3 aromatic rings. The van der Waals surface area contributed by atoms with Gasteiger partial charge in [0.25, 0.3) is 11.8 Å². The zero-order valence-corrected chi connectivity index (χ0v) is 18.2. The lowest BCUT2D eigenvalue weighted by atomic mass is 10.0. The van der Waals surface area contributed by atoms with Crippen molar-refractivity contribution >= 4 is 52.0 Å².